The first-order valence-corrected chi connectivity index (χ1v) is 10.2. The molecule has 0 atom stereocenters. The predicted octanol–water partition coefficient (Wildman–Crippen LogP) is 6.41. The van der Waals surface area contributed by atoms with Gasteiger partial charge >= 0.3 is 0 Å². The summed E-state index contributed by atoms with van der Waals surface area (Å²) in [4.78, 5) is 20.7. The normalized spacial score (nSPS) is 10.7. The van der Waals surface area contributed by atoms with E-state index in [4.69, 9.17) is 4.98 Å². The number of carbonyl (C=O) groups is 1. The molecule has 1 N–H and O–H groups in total. The molecule has 0 radical (unpaired) electrons. The Kier molecular flexibility index (Phi) is 4.88. The number of thiophene rings is 1. The van der Waals surface area contributed by atoms with Gasteiger partial charge in [0.15, 0.2) is 5.13 Å². The van der Waals surface area contributed by atoms with E-state index in [1.165, 1.54) is 11.3 Å². The molecule has 1 amide bonds. The Labute approximate surface area is 166 Å². The third-order valence-electron chi connectivity index (χ3n) is 4.22. The Morgan fingerprint density at radius 3 is 2.11 bits per heavy atom. The van der Waals surface area contributed by atoms with Crippen molar-refractivity contribution in [3.05, 3.63) is 82.0 Å². The Bertz CT molecular complexity index is 1030. The fraction of sp³-hybridized carbons (Fsp3) is 0.0909. The summed E-state index contributed by atoms with van der Waals surface area (Å²) in [7, 11) is 0. The summed E-state index contributed by atoms with van der Waals surface area (Å²) in [6.07, 6.45) is 0. The average molecular weight is 391 g/mol. The number of benzene rings is 2. The van der Waals surface area contributed by atoms with E-state index in [9.17, 15) is 4.79 Å². The van der Waals surface area contributed by atoms with Gasteiger partial charge in [-0.05, 0) is 25.5 Å². The highest BCUT2D eigenvalue weighted by Crippen LogP contribution is 2.39. The maximum atomic E-state index is 12.7. The monoisotopic (exact) mass is 390 g/mol. The highest BCUT2D eigenvalue weighted by atomic mass is 32.1. The van der Waals surface area contributed by atoms with Gasteiger partial charge < -0.3 is 0 Å². The summed E-state index contributed by atoms with van der Waals surface area (Å²) in [6, 6.07) is 22.2. The van der Waals surface area contributed by atoms with Gasteiger partial charge in [0.05, 0.1) is 16.1 Å². The van der Waals surface area contributed by atoms with Crippen LogP contribution in [0.25, 0.3) is 21.7 Å². The van der Waals surface area contributed by atoms with Crippen LogP contribution in [-0.4, -0.2) is 10.9 Å². The number of anilines is 1. The van der Waals surface area contributed by atoms with Gasteiger partial charge in [0.2, 0.25) is 0 Å². The van der Waals surface area contributed by atoms with E-state index in [1.54, 1.807) is 11.3 Å². The first-order valence-electron chi connectivity index (χ1n) is 8.62. The molecule has 27 heavy (non-hydrogen) atoms. The molecule has 5 heteroatoms. The van der Waals surface area contributed by atoms with Gasteiger partial charge in [0.25, 0.3) is 5.91 Å². The molecule has 2 heterocycles. The largest absolute Gasteiger partial charge is 0.298 e. The second-order valence-electron chi connectivity index (χ2n) is 6.21. The van der Waals surface area contributed by atoms with Crippen molar-refractivity contribution in [2.45, 2.75) is 13.8 Å². The van der Waals surface area contributed by atoms with Crippen LogP contribution in [0.4, 0.5) is 5.13 Å². The number of hydrogen-bond donors (Lipinski definition) is 1. The quantitative estimate of drug-likeness (QED) is 0.437. The molecule has 0 bridgehead atoms. The standard InChI is InChI=1S/C22H18N2OS2/c1-14-13-18(15(2)26-14)21(25)24-22-23-19(16-9-5-3-6-10-16)20(27-22)17-11-7-4-8-12-17/h3-13H,1-2H3,(H,23,24,25). The zero-order valence-electron chi connectivity index (χ0n) is 15.0. The van der Waals surface area contributed by atoms with E-state index >= 15 is 0 Å². The molecule has 134 valence electrons. The van der Waals surface area contributed by atoms with E-state index in [-0.39, 0.29) is 5.91 Å². The SMILES string of the molecule is Cc1cc(C(=O)Nc2nc(-c3ccccc3)c(-c3ccccc3)s2)c(C)s1. The van der Waals surface area contributed by atoms with Crippen molar-refractivity contribution in [2.24, 2.45) is 0 Å². The van der Waals surface area contributed by atoms with Crippen LogP contribution in [0.2, 0.25) is 0 Å². The number of thiazole rings is 1. The lowest BCUT2D eigenvalue weighted by atomic mass is 10.1. The highest BCUT2D eigenvalue weighted by Gasteiger charge is 2.18. The third kappa shape index (κ3) is 3.70. The fourth-order valence-electron chi connectivity index (χ4n) is 2.97. The fourth-order valence-corrected chi connectivity index (χ4v) is 4.88. The molecule has 4 rings (SSSR count). The average Bonchev–Trinajstić information content (AvgIpc) is 3.26. The van der Waals surface area contributed by atoms with Crippen molar-refractivity contribution in [2.75, 3.05) is 5.32 Å². The first kappa shape index (κ1) is 17.6. The number of amides is 1. The van der Waals surface area contributed by atoms with Gasteiger partial charge in [0, 0.05) is 15.3 Å². The van der Waals surface area contributed by atoms with E-state index in [2.05, 4.69) is 17.4 Å². The maximum Gasteiger partial charge on any atom is 0.258 e. The number of hydrogen-bond acceptors (Lipinski definition) is 4. The number of nitrogens with zero attached hydrogens (tertiary/aromatic N) is 1. The lowest BCUT2D eigenvalue weighted by Crippen LogP contribution is -2.11. The summed E-state index contributed by atoms with van der Waals surface area (Å²) in [6.45, 7) is 3.98. The molecule has 2 aromatic carbocycles. The second-order valence-corrected chi connectivity index (χ2v) is 8.67. The molecule has 0 aliphatic rings. The zero-order chi connectivity index (χ0) is 18.8. The van der Waals surface area contributed by atoms with Gasteiger partial charge in [-0.3, -0.25) is 10.1 Å². The molecule has 4 aromatic rings. The highest BCUT2D eigenvalue weighted by molar-refractivity contribution is 7.19. The molecule has 3 nitrogen and oxygen atoms in total. The molecule has 0 unspecified atom stereocenters. The Morgan fingerprint density at radius 2 is 1.52 bits per heavy atom. The number of aromatic nitrogens is 1. The maximum absolute atomic E-state index is 12.7. The third-order valence-corrected chi connectivity index (χ3v) is 6.20. The van der Waals surface area contributed by atoms with Crippen molar-refractivity contribution in [1.29, 1.82) is 0 Å². The number of rotatable bonds is 4. The van der Waals surface area contributed by atoms with Crippen LogP contribution in [0.15, 0.2) is 66.7 Å². The lowest BCUT2D eigenvalue weighted by Gasteiger charge is -2.02. The molecule has 2 aromatic heterocycles. The molecule has 0 saturated heterocycles. The van der Waals surface area contributed by atoms with Gasteiger partial charge in [-0.1, -0.05) is 72.0 Å². The number of nitrogens with one attached hydrogen (secondary N) is 1. The molecular weight excluding hydrogens is 372 g/mol. The number of carbonyl (C=O) groups excluding carboxylic acids is 1. The zero-order valence-corrected chi connectivity index (χ0v) is 16.7. The van der Waals surface area contributed by atoms with E-state index in [1.807, 2.05) is 68.4 Å². The summed E-state index contributed by atoms with van der Waals surface area (Å²) in [5, 5.41) is 3.60. The van der Waals surface area contributed by atoms with Gasteiger partial charge in [-0.2, -0.15) is 0 Å². The van der Waals surface area contributed by atoms with Crippen LogP contribution < -0.4 is 5.32 Å². The van der Waals surface area contributed by atoms with Crippen molar-refractivity contribution in [3.63, 3.8) is 0 Å². The minimum absolute atomic E-state index is 0.107. The minimum atomic E-state index is -0.107. The molecule has 0 spiro atoms. The number of aryl methyl sites for hydroxylation is 2. The lowest BCUT2D eigenvalue weighted by molar-refractivity contribution is 0.102. The molecule has 0 saturated carbocycles. The molecule has 0 aliphatic carbocycles. The summed E-state index contributed by atoms with van der Waals surface area (Å²) >= 11 is 3.14. The smallest absolute Gasteiger partial charge is 0.258 e. The van der Waals surface area contributed by atoms with Crippen LogP contribution in [0, 0.1) is 13.8 Å². The topological polar surface area (TPSA) is 42.0 Å². The Balaban J connectivity index is 1.73. The molecule has 0 aliphatic heterocycles. The van der Waals surface area contributed by atoms with Crippen LogP contribution in [0.1, 0.15) is 20.1 Å². The van der Waals surface area contributed by atoms with Crippen LogP contribution in [0.3, 0.4) is 0 Å². The summed E-state index contributed by atoms with van der Waals surface area (Å²) < 4.78 is 0. The summed E-state index contributed by atoms with van der Waals surface area (Å²) in [5.41, 5.74) is 3.74. The summed E-state index contributed by atoms with van der Waals surface area (Å²) in [5.74, 6) is -0.107. The first-order chi connectivity index (χ1) is 13.1. The van der Waals surface area contributed by atoms with E-state index < -0.39 is 0 Å². The van der Waals surface area contributed by atoms with Crippen molar-refractivity contribution < 1.29 is 4.79 Å². The molecular formula is C22H18N2OS2. The van der Waals surface area contributed by atoms with Crippen LogP contribution >= 0.6 is 22.7 Å². The van der Waals surface area contributed by atoms with E-state index in [0.717, 1.165) is 37.0 Å². The Morgan fingerprint density at radius 1 is 0.889 bits per heavy atom. The van der Waals surface area contributed by atoms with Crippen molar-refractivity contribution in [1.82, 2.24) is 4.98 Å². The van der Waals surface area contributed by atoms with Gasteiger partial charge in [-0.15, -0.1) is 11.3 Å². The Hall–Kier alpha value is -2.76. The molecule has 0 fully saturated rings. The van der Waals surface area contributed by atoms with Crippen LogP contribution in [0.5, 0.6) is 0 Å². The van der Waals surface area contributed by atoms with Crippen LogP contribution in [-0.2, 0) is 0 Å². The van der Waals surface area contributed by atoms with Gasteiger partial charge in [0.1, 0.15) is 0 Å². The predicted molar refractivity (Wildman–Crippen MR) is 115 cm³/mol. The van der Waals surface area contributed by atoms with Crippen molar-refractivity contribution in [3.8, 4) is 21.7 Å². The second kappa shape index (κ2) is 7.47. The van der Waals surface area contributed by atoms with E-state index in [0.29, 0.717) is 5.13 Å². The van der Waals surface area contributed by atoms with Crippen molar-refractivity contribution >= 4 is 33.7 Å². The van der Waals surface area contributed by atoms with Gasteiger partial charge in [-0.25, -0.2) is 4.98 Å². The minimum Gasteiger partial charge on any atom is -0.298 e.